The summed E-state index contributed by atoms with van der Waals surface area (Å²) >= 11 is 0. The number of rotatable bonds is 2. The van der Waals surface area contributed by atoms with E-state index in [4.69, 9.17) is 5.73 Å². The molecular weight excluding hydrogens is 162 g/mol. The lowest BCUT2D eigenvalue weighted by Crippen LogP contribution is -1.97. The fourth-order valence-corrected chi connectivity index (χ4v) is 0.747. The van der Waals surface area contributed by atoms with Gasteiger partial charge in [0, 0.05) is 0 Å². The van der Waals surface area contributed by atoms with E-state index in [1.807, 2.05) is 0 Å². The van der Waals surface area contributed by atoms with Gasteiger partial charge in [-0.25, -0.2) is 0 Å². The van der Waals surface area contributed by atoms with Crippen LogP contribution in [0.4, 0.5) is 11.8 Å². The number of nitro groups is 1. The van der Waals surface area contributed by atoms with Gasteiger partial charge >= 0.3 is 11.8 Å². The second kappa shape index (κ2) is 2.99. The van der Waals surface area contributed by atoms with Gasteiger partial charge in [-0.2, -0.15) is 14.5 Å². The molecule has 1 heterocycles. The Kier molecular flexibility index (Phi) is 2.04. The van der Waals surface area contributed by atoms with E-state index in [-0.39, 0.29) is 11.8 Å². The zero-order chi connectivity index (χ0) is 9.14. The molecule has 0 saturated heterocycles. The zero-order valence-electron chi connectivity index (χ0n) is 6.34. The highest BCUT2D eigenvalue weighted by atomic mass is 16.6. The molecule has 0 saturated carbocycles. The number of imidazole rings is 1. The van der Waals surface area contributed by atoms with Gasteiger partial charge in [0.05, 0.1) is 13.4 Å². The summed E-state index contributed by atoms with van der Waals surface area (Å²) in [6, 6.07) is 0. The van der Waals surface area contributed by atoms with E-state index in [0.717, 1.165) is 12.5 Å². The summed E-state index contributed by atoms with van der Waals surface area (Å²) in [6.07, 6.45) is 2.16. The van der Waals surface area contributed by atoms with Crippen LogP contribution >= 0.6 is 0 Å². The Bertz CT molecular complexity index is 329. The average molecular weight is 169 g/mol. The molecule has 12 heavy (non-hydrogen) atoms. The van der Waals surface area contributed by atoms with Crippen molar-refractivity contribution < 1.29 is 4.92 Å². The molecule has 2 N–H and O–H groups in total. The maximum Gasteiger partial charge on any atom is 0.344 e. The summed E-state index contributed by atoms with van der Waals surface area (Å²) in [6.45, 7) is 0. The van der Waals surface area contributed by atoms with Gasteiger partial charge in [-0.3, -0.25) is 0 Å². The van der Waals surface area contributed by atoms with Gasteiger partial charge < -0.3 is 15.8 Å². The maximum absolute atomic E-state index is 10.3. The molecule has 0 aliphatic heterocycles. The van der Waals surface area contributed by atoms with E-state index in [1.165, 1.54) is 11.6 Å². The fourth-order valence-electron chi connectivity index (χ4n) is 0.747. The molecule has 64 valence electrons. The molecule has 0 atom stereocenters. The van der Waals surface area contributed by atoms with Crippen LogP contribution in [-0.4, -0.2) is 20.8 Å². The monoisotopic (exact) mass is 169 g/mol. The summed E-state index contributed by atoms with van der Waals surface area (Å²) in [5.41, 5.74) is 5.00. The van der Waals surface area contributed by atoms with E-state index in [2.05, 4.69) is 9.98 Å². The smallest absolute Gasteiger partial charge is 0.344 e. The Labute approximate surface area is 67.7 Å². The molecule has 0 aliphatic carbocycles. The van der Waals surface area contributed by atoms with Crippen LogP contribution in [0.1, 0.15) is 0 Å². The van der Waals surface area contributed by atoms with Gasteiger partial charge in [0.2, 0.25) is 0 Å². The lowest BCUT2D eigenvalue weighted by molar-refractivity contribution is -0.391. The van der Waals surface area contributed by atoms with Crippen LogP contribution in [0.25, 0.3) is 0 Å². The molecule has 0 amide bonds. The highest BCUT2D eigenvalue weighted by molar-refractivity contribution is 5.56. The van der Waals surface area contributed by atoms with Crippen molar-refractivity contribution in [3.63, 3.8) is 0 Å². The number of aromatic nitrogens is 2. The zero-order valence-corrected chi connectivity index (χ0v) is 6.34. The van der Waals surface area contributed by atoms with Crippen molar-refractivity contribution in [2.45, 2.75) is 0 Å². The number of hydrogen-bond donors (Lipinski definition) is 1. The van der Waals surface area contributed by atoms with E-state index >= 15 is 0 Å². The Balaban J connectivity index is 3.12. The van der Waals surface area contributed by atoms with Crippen molar-refractivity contribution >= 4 is 18.1 Å². The minimum atomic E-state index is -0.539. The highest BCUT2D eigenvalue weighted by Crippen LogP contribution is 2.16. The van der Waals surface area contributed by atoms with Crippen molar-refractivity contribution in [2.24, 2.45) is 17.8 Å². The topological polar surface area (TPSA) is 99.3 Å². The maximum atomic E-state index is 10.3. The molecule has 1 rings (SSSR count). The second-order valence-electron chi connectivity index (χ2n) is 2.01. The summed E-state index contributed by atoms with van der Waals surface area (Å²) < 4.78 is 1.24. The fraction of sp³-hybridized carbons (Fsp3) is 0.200. The van der Waals surface area contributed by atoms with Crippen LogP contribution in [-0.2, 0) is 7.05 Å². The number of nitrogens with two attached hydrogens (primary N) is 1. The van der Waals surface area contributed by atoms with Crippen LogP contribution < -0.4 is 5.73 Å². The second-order valence-corrected chi connectivity index (χ2v) is 2.01. The molecule has 1 aromatic heterocycles. The van der Waals surface area contributed by atoms with Crippen LogP contribution in [0.2, 0.25) is 0 Å². The Morgan fingerprint density at radius 3 is 3.00 bits per heavy atom. The predicted octanol–water partition coefficient (Wildman–Crippen LogP) is -0.0532. The first-order valence-corrected chi connectivity index (χ1v) is 3.07. The number of nitrogens with zero attached hydrogens (tertiary/aromatic N) is 4. The Hall–Kier alpha value is -1.92. The summed E-state index contributed by atoms with van der Waals surface area (Å²) in [7, 11) is 1.49. The molecule has 0 spiro atoms. The molecule has 7 heteroatoms. The number of aliphatic imine (C=N–C) groups is 1. The first-order valence-electron chi connectivity index (χ1n) is 3.07. The van der Waals surface area contributed by atoms with Crippen molar-refractivity contribution in [1.82, 2.24) is 9.55 Å². The minimum absolute atomic E-state index is 0.115. The van der Waals surface area contributed by atoms with Crippen molar-refractivity contribution in [1.29, 1.82) is 0 Å². The van der Waals surface area contributed by atoms with Gasteiger partial charge in [0.1, 0.15) is 6.20 Å². The molecule has 0 radical (unpaired) electrons. The van der Waals surface area contributed by atoms with E-state index < -0.39 is 4.92 Å². The quantitative estimate of drug-likeness (QED) is 0.290. The number of hydrogen-bond acceptors (Lipinski definition) is 4. The minimum Gasteiger partial charge on any atom is -0.390 e. The average Bonchev–Trinajstić information content (AvgIpc) is 2.34. The molecule has 0 aliphatic rings. The van der Waals surface area contributed by atoms with Crippen molar-refractivity contribution in [3.05, 3.63) is 16.3 Å². The summed E-state index contributed by atoms with van der Waals surface area (Å²) in [4.78, 5) is 17.0. The third kappa shape index (κ3) is 1.24. The lowest BCUT2D eigenvalue weighted by atomic mass is 10.7. The summed E-state index contributed by atoms with van der Waals surface area (Å²) in [5.74, 6) is 0.0970. The third-order valence-electron chi connectivity index (χ3n) is 1.32. The standard InChI is InChI=1S/C5H7N5O2/c1-9-4(10(11)12)2-7-5(9)8-3-6/h2-3H,1H3,(H2,6,7,8). The molecule has 0 bridgehead atoms. The Morgan fingerprint density at radius 1 is 1.92 bits per heavy atom. The first-order chi connectivity index (χ1) is 5.66. The molecule has 0 fully saturated rings. The Morgan fingerprint density at radius 2 is 2.58 bits per heavy atom. The van der Waals surface area contributed by atoms with Crippen LogP contribution in [0.15, 0.2) is 11.2 Å². The molecule has 0 aromatic carbocycles. The normalized spacial score (nSPS) is 10.8. The molecular formula is C5H7N5O2. The van der Waals surface area contributed by atoms with Gasteiger partial charge in [0.25, 0.3) is 0 Å². The highest BCUT2D eigenvalue weighted by Gasteiger charge is 2.14. The molecule has 7 nitrogen and oxygen atoms in total. The van der Waals surface area contributed by atoms with Crippen LogP contribution in [0.3, 0.4) is 0 Å². The van der Waals surface area contributed by atoms with Gasteiger partial charge in [-0.1, -0.05) is 0 Å². The van der Waals surface area contributed by atoms with Crippen molar-refractivity contribution in [3.8, 4) is 0 Å². The van der Waals surface area contributed by atoms with Crippen molar-refractivity contribution in [2.75, 3.05) is 0 Å². The van der Waals surface area contributed by atoms with Crippen LogP contribution in [0.5, 0.6) is 0 Å². The van der Waals surface area contributed by atoms with Crippen LogP contribution in [0, 0.1) is 10.1 Å². The van der Waals surface area contributed by atoms with Gasteiger partial charge in [-0.15, -0.1) is 0 Å². The van der Waals surface area contributed by atoms with Gasteiger partial charge in [0.15, 0.2) is 0 Å². The van der Waals surface area contributed by atoms with E-state index in [1.54, 1.807) is 0 Å². The van der Waals surface area contributed by atoms with E-state index in [9.17, 15) is 10.1 Å². The first kappa shape index (κ1) is 8.18. The third-order valence-corrected chi connectivity index (χ3v) is 1.32. The van der Waals surface area contributed by atoms with Gasteiger partial charge in [-0.05, 0) is 4.92 Å². The predicted molar refractivity (Wildman–Crippen MR) is 42.2 cm³/mol. The largest absolute Gasteiger partial charge is 0.390 e. The SMILES string of the molecule is Cn1c([N+](=O)[O-])cnc1/N=C/N. The molecule has 1 aromatic rings. The lowest BCUT2D eigenvalue weighted by Gasteiger charge is -1.92. The molecule has 0 unspecified atom stereocenters. The van der Waals surface area contributed by atoms with E-state index in [0.29, 0.717) is 0 Å². The summed E-state index contributed by atoms with van der Waals surface area (Å²) in [5, 5.41) is 10.3.